The highest BCUT2D eigenvalue weighted by Gasteiger charge is 2.17. The molecule has 1 aliphatic carbocycles. The highest BCUT2D eigenvalue weighted by molar-refractivity contribution is 5.94. The van der Waals surface area contributed by atoms with E-state index in [4.69, 9.17) is 4.74 Å². The summed E-state index contributed by atoms with van der Waals surface area (Å²) in [4.78, 5) is 23.7. The van der Waals surface area contributed by atoms with Crippen LogP contribution in [0.15, 0.2) is 54.6 Å². The summed E-state index contributed by atoms with van der Waals surface area (Å²) in [6.45, 7) is 0.418. The molecular formula is C23H26N2O3. The predicted molar refractivity (Wildman–Crippen MR) is 110 cm³/mol. The summed E-state index contributed by atoms with van der Waals surface area (Å²) in [5.74, 6) is 0.543. The molecule has 5 nitrogen and oxygen atoms in total. The van der Waals surface area contributed by atoms with Crippen molar-refractivity contribution in [2.45, 2.75) is 38.3 Å². The summed E-state index contributed by atoms with van der Waals surface area (Å²) < 4.78 is 6.11. The van der Waals surface area contributed by atoms with Crippen molar-refractivity contribution in [3.63, 3.8) is 0 Å². The normalized spacial score (nSPS) is 14.2. The molecule has 0 radical (unpaired) electrons. The molecule has 1 saturated carbocycles. The number of nitrogens with one attached hydrogen (secondary N) is 2. The van der Waals surface area contributed by atoms with Gasteiger partial charge in [-0.05, 0) is 55.5 Å². The van der Waals surface area contributed by atoms with Crippen molar-refractivity contribution in [3.05, 3.63) is 71.3 Å². The van der Waals surface area contributed by atoms with Crippen LogP contribution in [0.3, 0.4) is 0 Å². The fourth-order valence-electron chi connectivity index (χ4n) is 3.25. The molecule has 28 heavy (non-hydrogen) atoms. The Balaban J connectivity index is 1.54. The van der Waals surface area contributed by atoms with E-state index in [1.165, 1.54) is 18.9 Å². The highest BCUT2D eigenvalue weighted by atomic mass is 16.5. The lowest BCUT2D eigenvalue weighted by molar-refractivity contribution is -0.116. The molecule has 3 rings (SSSR count). The quantitative estimate of drug-likeness (QED) is 0.722. The third-order valence-electron chi connectivity index (χ3n) is 4.85. The van der Waals surface area contributed by atoms with E-state index in [1.54, 1.807) is 37.4 Å². The second kappa shape index (κ2) is 9.74. The summed E-state index contributed by atoms with van der Waals surface area (Å²) in [6.07, 6.45) is 8.15. The van der Waals surface area contributed by atoms with Crippen LogP contribution >= 0.6 is 0 Å². The molecule has 0 aliphatic heterocycles. The Morgan fingerprint density at radius 2 is 1.79 bits per heavy atom. The van der Waals surface area contributed by atoms with Crippen LogP contribution in [0.25, 0.3) is 6.08 Å². The van der Waals surface area contributed by atoms with Crippen LogP contribution in [0, 0.1) is 0 Å². The Kier molecular flexibility index (Phi) is 6.84. The average Bonchev–Trinajstić information content (AvgIpc) is 3.24. The van der Waals surface area contributed by atoms with Gasteiger partial charge in [0.2, 0.25) is 5.91 Å². The van der Waals surface area contributed by atoms with E-state index in [2.05, 4.69) is 10.6 Å². The van der Waals surface area contributed by atoms with E-state index >= 15 is 0 Å². The third-order valence-corrected chi connectivity index (χ3v) is 4.85. The monoisotopic (exact) mass is 378 g/mol. The SMILES string of the molecule is CNC(=O)c1ccc(C=CC(=O)NCc2ccccc2OC2CCCC2)cc1. The number of ether oxygens (including phenoxy) is 1. The molecule has 0 heterocycles. The van der Waals surface area contributed by atoms with Crippen molar-refractivity contribution < 1.29 is 14.3 Å². The Hall–Kier alpha value is -3.08. The van der Waals surface area contributed by atoms with Gasteiger partial charge in [0.15, 0.2) is 0 Å². The third kappa shape index (κ3) is 5.46. The minimum Gasteiger partial charge on any atom is -0.490 e. The van der Waals surface area contributed by atoms with E-state index in [0.29, 0.717) is 12.1 Å². The first-order chi connectivity index (χ1) is 13.7. The maximum Gasteiger partial charge on any atom is 0.251 e. The van der Waals surface area contributed by atoms with E-state index in [0.717, 1.165) is 29.7 Å². The molecular weight excluding hydrogens is 352 g/mol. The van der Waals surface area contributed by atoms with Crippen molar-refractivity contribution in [3.8, 4) is 5.75 Å². The van der Waals surface area contributed by atoms with Gasteiger partial charge in [0, 0.05) is 30.8 Å². The van der Waals surface area contributed by atoms with E-state index in [-0.39, 0.29) is 17.9 Å². The maximum atomic E-state index is 12.2. The van der Waals surface area contributed by atoms with Crippen LogP contribution in [-0.2, 0) is 11.3 Å². The van der Waals surface area contributed by atoms with Crippen molar-refractivity contribution in [1.29, 1.82) is 0 Å². The molecule has 2 aromatic carbocycles. The second-order valence-electron chi connectivity index (χ2n) is 6.88. The van der Waals surface area contributed by atoms with Crippen molar-refractivity contribution in [2.75, 3.05) is 7.05 Å². The number of para-hydroxylation sites is 1. The van der Waals surface area contributed by atoms with Crippen LogP contribution in [0.5, 0.6) is 5.75 Å². The van der Waals surface area contributed by atoms with Crippen LogP contribution in [-0.4, -0.2) is 25.0 Å². The molecule has 0 bridgehead atoms. The average molecular weight is 378 g/mol. The Morgan fingerprint density at radius 1 is 1.07 bits per heavy atom. The molecule has 146 valence electrons. The molecule has 0 saturated heterocycles. The molecule has 0 spiro atoms. The van der Waals surface area contributed by atoms with Gasteiger partial charge in [-0.25, -0.2) is 0 Å². The number of hydrogen-bond acceptors (Lipinski definition) is 3. The van der Waals surface area contributed by atoms with E-state index in [9.17, 15) is 9.59 Å². The van der Waals surface area contributed by atoms with Crippen LogP contribution < -0.4 is 15.4 Å². The first-order valence-corrected chi connectivity index (χ1v) is 9.68. The Labute approximate surface area is 165 Å². The van der Waals surface area contributed by atoms with Gasteiger partial charge in [-0.1, -0.05) is 30.3 Å². The molecule has 2 N–H and O–H groups in total. The number of rotatable bonds is 7. The summed E-state index contributed by atoms with van der Waals surface area (Å²) in [7, 11) is 1.59. The first kappa shape index (κ1) is 19.7. The molecule has 0 aromatic heterocycles. The minimum absolute atomic E-state index is 0.133. The fraction of sp³-hybridized carbons (Fsp3) is 0.304. The maximum absolute atomic E-state index is 12.2. The topological polar surface area (TPSA) is 67.4 Å². The van der Waals surface area contributed by atoms with Gasteiger partial charge in [0.1, 0.15) is 5.75 Å². The van der Waals surface area contributed by atoms with Crippen LogP contribution in [0.1, 0.15) is 47.2 Å². The lowest BCUT2D eigenvalue weighted by Crippen LogP contribution is -2.21. The predicted octanol–water partition coefficient (Wildman–Crippen LogP) is 3.70. The number of carbonyl (C=O) groups is 2. The second-order valence-corrected chi connectivity index (χ2v) is 6.88. The first-order valence-electron chi connectivity index (χ1n) is 9.68. The van der Waals surface area contributed by atoms with Crippen LogP contribution in [0.4, 0.5) is 0 Å². The molecule has 2 amide bonds. The molecule has 1 aliphatic rings. The highest BCUT2D eigenvalue weighted by Crippen LogP contribution is 2.26. The Morgan fingerprint density at radius 3 is 2.50 bits per heavy atom. The van der Waals surface area contributed by atoms with Gasteiger partial charge < -0.3 is 15.4 Å². The van der Waals surface area contributed by atoms with E-state index < -0.39 is 0 Å². The standard InChI is InChI=1S/C23H26N2O3/c1-24-23(27)18-13-10-17(11-14-18)12-15-22(26)25-16-19-6-2-5-9-21(19)28-20-7-3-4-8-20/h2,5-6,9-15,20H,3-4,7-8,16H2,1H3,(H,24,27)(H,25,26). The van der Waals surface area contributed by atoms with E-state index in [1.807, 2.05) is 24.3 Å². The van der Waals surface area contributed by atoms with Gasteiger partial charge in [-0.3, -0.25) is 9.59 Å². The summed E-state index contributed by atoms with van der Waals surface area (Å²) in [6, 6.07) is 14.9. The lowest BCUT2D eigenvalue weighted by Gasteiger charge is -2.16. The summed E-state index contributed by atoms with van der Waals surface area (Å²) in [5.41, 5.74) is 2.42. The molecule has 1 fully saturated rings. The number of benzene rings is 2. The zero-order valence-corrected chi connectivity index (χ0v) is 16.1. The molecule has 2 aromatic rings. The van der Waals surface area contributed by atoms with Crippen molar-refractivity contribution in [2.24, 2.45) is 0 Å². The lowest BCUT2D eigenvalue weighted by atomic mass is 10.1. The van der Waals surface area contributed by atoms with Gasteiger partial charge in [-0.15, -0.1) is 0 Å². The molecule has 0 atom stereocenters. The largest absolute Gasteiger partial charge is 0.490 e. The molecule has 5 heteroatoms. The fourth-order valence-corrected chi connectivity index (χ4v) is 3.25. The van der Waals surface area contributed by atoms with Crippen LogP contribution in [0.2, 0.25) is 0 Å². The number of amides is 2. The van der Waals surface area contributed by atoms with Gasteiger partial charge >= 0.3 is 0 Å². The van der Waals surface area contributed by atoms with Crippen molar-refractivity contribution >= 4 is 17.9 Å². The molecule has 0 unspecified atom stereocenters. The number of hydrogen-bond donors (Lipinski definition) is 2. The number of carbonyl (C=O) groups excluding carboxylic acids is 2. The summed E-state index contributed by atoms with van der Waals surface area (Å²) in [5, 5.41) is 5.48. The van der Waals surface area contributed by atoms with Gasteiger partial charge in [-0.2, -0.15) is 0 Å². The Bertz CT molecular complexity index is 837. The zero-order chi connectivity index (χ0) is 19.8. The van der Waals surface area contributed by atoms with Gasteiger partial charge in [0.25, 0.3) is 5.91 Å². The summed E-state index contributed by atoms with van der Waals surface area (Å²) >= 11 is 0. The van der Waals surface area contributed by atoms with Crippen molar-refractivity contribution in [1.82, 2.24) is 10.6 Å². The zero-order valence-electron chi connectivity index (χ0n) is 16.1. The smallest absolute Gasteiger partial charge is 0.251 e. The van der Waals surface area contributed by atoms with Gasteiger partial charge in [0.05, 0.1) is 6.10 Å². The minimum atomic E-state index is -0.175.